The lowest BCUT2D eigenvalue weighted by molar-refractivity contribution is -0.139. The van der Waals surface area contributed by atoms with Gasteiger partial charge in [-0.3, -0.25) is 9.78 Å². The number of aliphatic carboxylic acids is 1. The first-order chi connectivity index (χ1) is 9.39. The predicted octanol–water partition coefficient (Wildman–Crippen LogP) is 3.39. The third-order valence-corrected chi connectivity index (χ3v) is 2.80. The molecule has 0 spiro atoms. The number of rotatable bonds is 3. The van der Waals surface area contributed by atoms with E-state index in [0.29, 0.717) is 5.56 Å². The molecule has 0 bridgehead atoms. The molecule has 2 aromatic rings. The van der Waals surface area contributed by atoms with Gasteiger partial charge in [0.05, 0.1) is 12.0 Å². The van der Waals surface area contributed by atoms with Crippen LogP contribution in [0.3, 0.4) is 0 Å². The molecule has 0 amide bonds. The molecule has 0 unspecified atom stereocenters. The van der Waals surface area contributed by atoms with Crippen LogP contribution in [0, 0.1) is 0 Å². The van der Waals surface area contributed by atoms with Gasteiger partial charge in [-0.05, 0) is 34.9 Å². The summed E-state index contributed by atoms with van der Waals surface area (Å²) in [4.78, 5) is 14.6. The zero-order chi connectivity index (χ0) is 14.8. The molecule has 104 valence electrons. The van der Waals surface area contributed by atoms with Crippen molar-refractivity contribution in [1.82, 2.24) is 4.98 Å². The Bertz CT molecular complexity index is 624. The van der Waals surface area contributed by atoms with Crippen LogP contribution in [0.2, 0.25) is 0 Å². The van der Waals surface area contributed by atoms with Gasteiger partial charge in [0, 0.05) is 12.4 Å². The number of nitrogens with zero attached hydrogens (tertiary/aromatic N) is 1. The summed E-state index contributed by atoms with van der Waals surface area (Å²) in [5.74, 6) is -1.31. The molecule has 0 aliphatic carbocycles. The van der Waals surface area contributed by atoms with E-state index in [1.807, 2.05) is 0 Å². The van der Waals surface area contributed by atoms with Crippen LogP contribution >= 0.6 is 0 Å². The van der Waals surface area contributed by atoms with Gasteiger partial charge in [0.25, 0.3) is 0 Å². The number of pyridine rings is 1. The van der Waals surface area contributed by atoms with E-state index >= 15 is 0 Å². The van der Waals surface area contributed by atoms with Gasteiger partial charge in [0.1, 0.15) is 0 Å². The molecule has 20 heavy (non-hydrogen) atoms. The maximum atomic E-state index is 13.0. The minimum Gasteiger partial charge on any atom is -0.481 e. The molecule has 6 heteroatoms. The molecular weight excluding hydrogens is 271 g/mol. The van der Waals surface area contributed by atoms with Crippen molar-refractivity contribution >= 4 is 5.97 Å². The molecule has 0 saturated carbocycles. The average Bonchev–Trinajstić information content (AvgIpc) is 2.38. The van der Waals surface area contributed by atoms with E-state index in [1.165, 1.54) is 24.5 Å². The molecule has 0 fully saturated rings. The first-order valence-electron chi connectivity index (χ1n) is 5.71. The van der Waals surface area contributed by atoms with Crippen molar-refractivity contribution < 1.29 is 23.1 Å². The van der Waals surface area contributed by atoms with Crippen LogP contribution in [-0.4, -0.2) is 16.1 Å². The van der Waals surface area contributed by atoms with Crippen molar-refractivity contribution in [3.8, 4) is 11.1 Å². The minimum atomic E-state index is -4.59. The van der Waals surface area contributed by atoms with Crippen LogP contribution < -0.4 is 0 Å². The van der Waals surface area contributed by atoms with Crippen molar-refractivity contribution in [3.05, 3.63) is 53.9 Å². The van der Waals surface area contributed by atoms with Crippen molar-refractivity contribution in [2.75, 3.05) is 0 Å². The molecule has 1 aromatic heterocycles. The number of benzene rings is 1. The summed E-state index contributed by atoms with van der Waals surface area (Å²) in [7, 11) is 0. The Morgan fingerprint density at radius 2 is 1.80 bits per heavy atom. The van der Waals surface area contributed by atoms with Crippen molar-refractivity contribution in [2.45, 2.75) is 12.6 Å². The largest absolute Gasteiger partial charge is 0.481 e. The number of carboxylic acids is 1. The van der Waals surface area contributed by atoms with Crippen LogP contribution in [0.4, 0.5) is 13.2 Å². The van der Waals surface area contributed by atoms with Crippen LogP contribution in [0.5, 0.6) is 0 Å². The fourth-order valence-corrected chi connectivity index (χ4v) is 2.00. The second-order valence-electron chi connectivity index (χ2n) is 4.14. The molecule has 1 aromatic carbocycles. The lowest BCUT2D eigenvalue weighted by Crippen LogP contribution is -2.13. The van der Waals surface area contributed by atoms with Crippen LogP contribution in [-0.2, 0) is 17.4 Å². The lowest BCUT2D eigenvalue weighted by atomic mass is 9.93. The van der Waals surface area contributed by atoms with E-state index < -0.39 is 24.1 Å². The number of alkyl halides is 3. The van der Waals surface area contributed by atoms with E-state index in [1.54, 1.807) is 12.1 Å². The highest BCUT2D eigenvalue weighted by Gasteiger charge is 2.34. The first-order valence-corrected chi connectivity index (χ1v) is 5.71. The molecular formula is C14H10F3NO2. The van der Waals surface area contributed by atoms with Gasteiger partial charge in [-0.2, -0.15) is 13.2 Å². The summed E-state index contributed by atoms with van der Waals surface area (Å²) in [6.07, 6.45) is -2.39. The maximum absolute atomic E-state index is 13.0. The maximum Gasteiger partial charge on any atom is 0.416 e. The number of halogens is 3. The number of aromatic nitrogens is 1. The van der Waals surface area contributed by atoms with Gasteiger partial charge in [-0.1, -0.05) is 12.1 Å². The van der Waals surface area contributed by atoms with Crippen LogP contribution in [0.1, 0.15) is 11.1 Å². The van der Waals surface area contributed by atoms with Gasteiger partial charge in [0.15, 0.2) is 0 Å². The van der Waals surface area contributed by atoms with Crippen molar-refractivity contribution in [3.63, 3.8) is 0 Å². The zero-order valence-electron chi connectivity index (χ0n) is 10.2. The molecule has 1 N–H and O–H groups in total. The summed E-state index contributed by atoms with van der Waals surface area (Å²) >= 11 is 0. The number of hydrogen-bond acceptors (Lipinski definition) is 2. The second-order valence-corrected chi connectivity index (χ2v) is 4.14. The fraction of sp³-hybridized carbons (Fsp3) is 0.143. The Morgan fingerprint density at radius 1 is 1.15 bits per heavy atom. The molecule has 1 heterocycles. The predicted molar refractivity (Wildman–Crippen MR) is 66.0 cm³/mol. The highest BCUT2D eigenvalue weighted by molar-refractivity contribution is 5.77. The molecule has 2 rings (SSSR count). The Balaban J connectivity index is 2.65. The highest BCUT2D eigenvalue weighted by atomic mass is 19.4. The Labute approximate surface area is 112 Å². The number of carboxylic acid groups (broad SMARTS) is 1. The van der Waals surface area contributed by atoms with E-state index in [4.69, 9.17) is 5.11 Å². The molecule has 0 radical (unpaired) electrons. The second kappa shape index (κ2) is 5.32. The monoisotopic (exact) mass is 281 g/mol. The summed E-state index contributed by atoms with van der Waals surface area (Å²) in [6.45, 7) is 0. The highest BCUT2D eigenvalue weighted by Crippen LogP contribution is 2.36. The van der Waals surface area contributed by atoms with Crippen LogP contribution in [0.15, 0.2) is 42.7 Å². The summed E-state index contributed by atoms with van der Waals surface area (Å²) in [6, 6.07) is 6.72. The number of carbonyl (C=O) groups is 1. The minimum absolute atomic E-state index is 0.237. The van der Waals surface area contributed by atoms with E-state index in [2.05, 4.69) is 4.98 Å². The van der Waals surface area contributed by atoms with E-state index in [9.17, 15) is 18.0 Å². The summed E-state index contributed by atoms with van der Waals surface area (Å²) < 4.78 is 39.0. The van der Waals surface area contributed by atoms with Crippen molar-refractivity contribution in [1.29, 1.82) is 0 Å². The molecule has 0 aliphatic rings. The molecule has 0 atom stereocenters. The summed E-state index contributed by atoms with van der Waals surface area (Å²) in [5, 5.41) is 8.85. The van der Waals surface area contributed by atoms with Gasteiger partial charge >= 0.3 is 12.1 Å². The molecule has 3 nitrogen and oxygen atoms in total. The Hall–Kier alpha value is -2.37. The quantitative estimate of drug-likeness (QED) is 0.938. The smallest absolute Gasteiger partial charge is 0.416 e. The lowest BCUT2D eigenvalue weighted by Gasteiger charge is -2.15. The molecule has 0 saturated heterocycles. The number of hydrogen-bond donors (Lipinski definition) is 1. The van der Waals surface area contributed by atoms with Gasteiger partial charge in [-0.25, -0.2) is 0 Å². The van der Waals surface area contributed by atoms with Gasteiger partial charge < -0.3 is 5.11 Å². The van der Waals surface area contributed by atoms with Gasteiger partial charge in [0.2, 0.25) is 0 Å². The first kappa shape index (κ1) is 14.0. The standard InChI is InChI=1S/C14H10F3NO2/c15-14(16,17)12-3-1-2-10(11(12)8-13(19)20)9-4-6-18-7-5-9/h1-7H,8H2,(H,19,20). The normalized spacial score (nSPS) is 11.3. The van der Waals surface area contributed by atoms with E-state index in [0.717, 1.165) is 6.07 Å². The zero-order valence-corrected chi connectivity index (χ0v) is 10.2. The Morgan fingerprint density at radius 3 is 2.35 bits per heavy atom. The SMILES string of the molecule is O=C(O)Cc1c(-c2ccncc2)cccc1C(F)(F)F. The fourth-order valence-electron chi connectivity index (χ4n) is 2.00. The topological polar surface area (TPSA) is 50.2 Å². The third kappa shape index (κ3) is 2.96. The van der Waals surface area contributed by atoms with Crippen LogP contribution in [0.25, 0.3) is 11.1 Å². The average molecular weight is 281 g/mol. The van der Waals surface area contributed by atoms with E-state index in [-0.39, 0.29) is 11.1 Å². The molecule has 0 aliphatic heterocycles. The van der Waals surface area contributed by atoms with Gasteiger partial charge in [-0.15, -0.1) is 0 Å². The third-order valence-electron chi connectivity index (χ3n) is 2.80. The Kier molecular flexibility index (Phi) is 3.74. The van der Waals surface area contributed by atoms with Crippen molar-refractivity contribution in [2.24, 2.45) is 0 Å². The summed E-state index contributed by atoms with van der Waals surface area (Å²) in [5.41, 5.74) is -0.403.